The molecule has 0 radical (unpaired) electrons. The van der Waals surface area contributed by atoms with E-state index in [2.05, 4.69) is 10.4 Å². The molecule has 2 fully saturated rings. The Morgan fingerprint density at radius 1 is 1.11 bits per heavy atom. The summed E-state index contributed by atoms with van der Waals surface area (Å²) in [6, 6.07) is 9.46. The van der Waals surface area contributed by atoms with E-state index < -0.39 is 6.04 Å². The minimum atomic E-state index is -0.416. The molecule has 1 aliphatic carbocycles. The highest BCUT2D eigenvalue weighted by Crippen LogP contribution is 2.24. The van der Waals surface area contributed by atoms with Crippen LogP contribution in [0.3, 0.4) is 0 Å². The SMILES string of the molecule is O=C(NC1CC1)C1CCCN1C(=O)C1=NN(Cc2ccccc2)C(=O)CC1. The molecule has 0 bridgehead atoms. The van der Waals surface area contributed by atoms with Gasteiger partial charge in [0, 0.05) is 25.4 Å². The summed E-state index contributed by atoms with van der Waals surface area (Å²) in [6.07, 6.45) is 4.14. The van der Waals surface area contributed by atoms with Crippen molar-refractivity contribution in [2.75, 3.05) is 6.54 Å². The molecule has 7 heteroatoms. The average Bonchev–Trinajstić information content (AvgIpc) is 3.35. The first-order valence-corrected chi connectivity index (χ1v) is 9.65. The molecule has 0 aromatic heterocycles. The van der Waals surface area contributed by atoms with Crippen molar-refractivity contribution in [3.8, 4) is 0 Å². The summed E-state index contributed by atoms with van der Waals surface area (Å²) in [4.78, 5) is 39.3. The zero-order valence-electron chi connectivity index (χ0n) is 15.3. The minimum Gasteiger partial charge on any atom is -0.352 e. The van der Waals surface area contributed by atoms with Crippen molar-refractivity contribution in [1.29, 1.82) is 0 Å². The highest BCUT2D eigenvalue weighted by Gasteiger charge is 2.38. The van der Waals surface area contributed by atoms with E-state index >= 15 is 0 Å². The van der Waals surface area contributed by atoms with Crippen molar-refractivity contribution in [2.24, 2.45) is 5.10 Å². The Balaban J connectivity index is 1.47. The normalized spacial score (nSPS) is 22.6. The summed E-state index contributed by atoms with van der Waals surface area (Å²) in [6.45, 7) is 0.912. The number of nitrogens with one attached hydrogen (secondary N) is 1. The Hall–Kier alpha value is -2.70. The molecule has 3 aliphatic rings. The van der Waals surface area contributed by atoms with Crippen LogP contribution in [0.4, 0.5) is 0 Å². The van der Waals surface area contributed by atoms with E-state index in [4.69, 9.17) is 0 Å². The molecule has 142 valence electrons. The molecule has 2 heterocycles. The summed E-state index contributed by atoms with van der Waals surface area (Å²) in [5.74, 6) is -0.356. The quantitative estimate of drug-likeness (QED) is 0.854. The van der Waals surface area contributed by atoms with E-state index in [1.165, 1.54) is 5.01 Å². The lowest BCUT2D eigenvalue weighted by atomic mass is 10.1. The third-order valence-corrected chi connectivity index (χ3v) is 5.27. The number of likely N-dealkylation sites (tertiary alicyclic amines) is 1. The molecule has 4 rings (SSSR count). The van der Waals surface area contributed by atoms with E-state index in [1.54, 1.807) is 4.90 Å². The molecule has 27 heavy (non-hydrogen) atoms. The van der Waals surface area contributed by atoms with Gasteiger partial charge in [0.2, 0.25) is 11.8 Å². The fourth-order valence-electron chi connectivity index (χ4n) is 3.61. The largest absolute Gasteiger partial charge is 0.352 e. The van der Waals surface area contributed by atoms with Crippen molar-refractivity contribution < 1.29 is 14.4 Å². The minimum absolute atomic E-state index is 0.0584. The number of hydrogen-bond acceptors (Lipinski definition) is 4. The molecule has 2 aliphatic heterocycles. The van der Waals surface area contributed by atoms with Crippen molar-refractivity contribution >= 4 is 23.4 Å². The van der Waals surface area contributed by atoms with Crippen LogP contribution in [0.25, 0.3) is 0 Å². The molecule has 1 aromatic carbocycles. The third-order valence-electron chi connectivity index (χ3n) is 5.27. The molecule has 0 spiro atoms. The number of amides is 3. The Labute approximate surface area is 158 Å². The molecule has 1 saturated carbocycles. The summed E-state index contributed by atoms with van der Waals surface area (Å²) in [7, 11) is 0. The lowest BCUT2D eigenvalue weighted by Gasteiger charge is -2.28. The van der Waals surface area contributed by atoms with Crippen molar-refractivity contribution in [1.82, 2.24) is 15.2 Å². The van der Waals surface area contributed by atoms with Gasteiger partial charge >= 0.3 is 0 Å². The third kappa shape index (κ3) is 4.02. The number of rotatable bonds is 5. The lowest BCUT2D eigenvalue weighted by molar-refractivity contribution is -0.135. The number of carbonyl (C=O) groups is 3. The Morgan fingerprint density at radius 3 is 2.63 bits per heavy atom. The van der Waals surface area contributed by atoms with Crippen LogP contribution in [0.2, 0.25) is 0 Å². The first kappa shape index (κ1) is 17.7. The molecule has 1 N–H and O–H groups in total. The van der Waals surface area contributed by atoms with Gasteiger partial charge in [0.15, 0.2) is 0 Å². The monoisotopic (exact) mass is 368 g/mol. The molecule has 3 amide bonds. The van der Waals surface area contributed by atoms with Crippen LogP contribution >= 0.6 is 0 Å². The van der Waals surface area contributed by atoms with E-state index in [0.717, 1.165) is 24.8 Å². The van der Waals surface area contributed by atoms with Gasteiger partial charge in [-0.3, -0.25) is 14.4 Å². The zero-order valence-corrected chi connectivity index (χ0v) is 15.3. The van der Waals surface area contributed by atoms with E-state index in [-0.39, 0.29) is 30.2 Å². The molecule has 1 atom stereocenters. The summed E-state index contributed by atoms with van der Waals surface area (Å²) in [5, 5.41) is 8.72. The maximum atomic E-state index is 13.0. The van der Waals surface area contributed by atoms with E-state index in [9.17, 15) is 14.4 Å². The second-order valence-corrected chi connectivity index (χ2v) is 7.42. The fraction of sp³-hybridized carbons (Fsp3) is 0.500. The van der Waals surface area contributed by atoms with Gasteiger partial charge in [-0.15, -0.1) is 0 Å². The number of hydrogen-bond donors (Lipinski definition) is 1. The molecule has 1 saturated heterocycles. The van der Waals surface area contributed by atoms with Crippen molar-refractivity contribution in [2.45, 2.75) is 57.2 Å². The van der Waals surface area contributed by atoms with E-state index in [1.807, 2.05) is 30.3 Å². The predicted octanol–water partition coefficient (Wildman–Crippen LogP) is 1.43. The number of nitrogens with zero attached hydrogens (tertiary/aromatic N) is 3. The molecular weight excluding hydrogens is 344 g/mol. The van der Waals surface area contributed by atoms with Gasteiger partial charge in [0.25, 0.3) is 5.91 Å². The smallest absolute Gasteiger partial charge is 0.270 e. The Kier molecular flexibility index (Phi) is 4.92. The van der Waals surface area contributed by atoms with Crippen LogP contribution in [0.1, 0.15) is 44.1 Å². The topological polar surface area (TPSA) is 82.1 Å². The first-order valence-electron chi connectivity index (χ1n) is 9.65. The van der Waals surface area contributed by atoms with Crippen LogP contribution in [-0.2, 0) is 20.9 Å². The second kappa shape index (κ2) is 7.50. The Bertz CT molecular complexity index is 773. The molecule has 1 unspecified atom stereocenters. The first-order chi connectivity index (χ1) is 13.1. The number of hydrazone groups is 1. The maximum absolute atomic E-state index is 13.0. The van der Waals surface area contributed by atoms with Gasteiger partial charge in [-0.05, 0) is 31.2 Å². The second-order valence-electron chi connectivity index (χ2n) is 7.42. The molecule has 7 nitrogen and oxygen atoms in total. The summed E-state index contributed by atoms with van der Waals surface area (Å²) in [5.41, 5.74) is 1.34. The van der Waals surface area contributed by atoms with Crippen LogP contribution in [0, 0.1) is 0 Å². The van der Waals surface area contributed by atoms with Crippen LogP contribution in [0.15, 0.2) is 35.4 Å². The molecule has 1 aromatic rings. The van der Waals surface area contributed by atoms with Gasteiger partial charge in [-0.25, -0.2) is 5.01 Å². The number of benzene rings is 1. The highest BCUT2D eigenvalue weighted by atomic mass is 16.2. The van der Waals surface area contributed by atoms with Gasteiger partial charge < -0.3 is 10.2 Å². The lowest BCUT2D eigenvalue weighted by Crippen LogP contribution is -2.49. The highest BCUT2D eigenvalue weighted by molar-refractivity contribution is 6.39. The van der Waals surface area contributed by atoms with Crippen LogP contribution in [-0.4, -0.2) is 52.0 Å². The Morgan fingerprint density at radius 2 is 1.89 bits per heavy atom. The van der Waals surface area contributed by atoms with Crippen LogP contribution < -0.4 is 5.32 Å². The summed E-state index contributed by atoms with van der Waals surface area (Å²) < 4.78 is 0. The summed E-state index contributed by atoms with van der Waals surface area (Å²) >= 11 is 0. The van der Waals surface area contributed by atoms with Crippen molar-refractivity contribution in [3.63, 3.8) is 0 Å². The fourth-order valence-corrected chi connectivity index (χ4v) is 3.61. The van der Waals surface area contributed by atoms with E-state index in [0.29, 0.717) is 31.6 Å². The standard InChI is InChI=1S/C20H24N4O3/c25-18-11-10-16(22-24(18)13-14-5-2-1-3-6-14)20(27)23-12-4-7-17(23)19(26)21-15-8-9-15/h1-3,5-6,15,17H,4,7-13H2,(H,21,26). The molecular formula is C20H24N4O3. The predicted molar refractivity (Wildman–Crippen MR) is 99.6 cm³/mol. The van der Waals surface area contributed by atoms with Gasteiger partial charge in [-0.1, -0.05) is 30.3 Å². The van der Waals surface area contributed by atoms with Gasteiger partial charge in [0.05, 0.1) is 6.54 Å². The maximum Gasteiger partial charge on any atom is 0.270 e. The van der Waals surface area contributed by atoms with Crippen LogP contribution in [0.5, 0.6) is 0 Å². The van der Waals surface area contributed by atoms with Crippen molar-refractivity contribution in [3.05, 3.63) is 35.9 Å². The van der Waals surface area contributed by atoms with Gasteiger partial charge in [0.1, 0.15) is 11.8 Å². The zero-order chi connectivity index (χ0) is 18.8. The van der Waals surface area contributed by atoms with Gasteiger partial charge in [-0.2, -0.15) is 5.10 Å². The average molecular weight is 368 g/mol. The number of carbonyl (C=O) groups excluding carboxylic acids is 3.